The minimum atomic E-state index is -4.50. The molecule has 2 aromatic carbocycles. The highest BCUT2D eigenvalue weighted by Crippen LogP contribution is 2.29. The van der Waals surface area contributed by atoms with Gasteiger partial charge in [-0.2, -0.15) is 17.5 Å². The van der Waals surface area contributed by atoms with Crippen LogP contribution in [0.15, 0.2) is 47.4 Å². The van der Waals surface area contributed by atoms with Gasteiger partial charge in [-0.25, -0.2) is 8.42 Å². The largest absolute Gasteiger partial charge is 0.497 e. The van der Waals surface area contributed by atoms with E-state index in [-0.39, 0.29) is 41.1 Å². The molecule has 11 nitrogen and oxygen atoms in total. The first kappa shape index (κ1) is 39.0. The normalized spacial score (nSPS) is 20.8. The number of amides is 2. The zero-order valence-corrected chi connectivity index (χ0v) is 28.8. The average molecular weight is 702 g/mol. The summed E-state index contributed by atoms with van der Waals surface area (Å²) in [6.45, 7) is 5.30. The Morgan fingerprint density at radius 2 is 1.85 bits per heavy atom. The van der Waals surface area contributed by atoms with Crippen molar-refractivity contribution in [2.45, 2.75) is 82.2 Å². The highest BCUT2D eigenvalue weighted by molar-refractivity contribution is 7.89. The number of carbonyl (C=O) groups excluding carboxylic acids is 2. The van der Waals surface area contributed by atoms with E-state index in [4.69, 9.17) is 14.2 Å². The topological polar surface area (TPSA) is 135 Å². The lowest BCUT2D eigenvalue weighted by Crippen LogP contribution is -2.48. The van der Waals surface area contributed by atoms with Gasteiger partial charge >= 0.3 is 6.18 Å². The number of nitrogens with one attached hydrogen (secondary N) is 1. The maximum Gasteiger partial charge on any atom is 0.389 e. The predicted octanol–water partition coefficient (Wildman–Crippen LogP) is 5.09. The standard InChI is InChI=1S/C33H46F3N3O8S/c1-22-19-39(23(2)21-40)32(42)28-18-25(37-31(41)15-16-33(34,35)36)9-14-29(28)47-24(3)8-6-7-17-46-30(22)20-38(4)48(43,44)27-12-10-26(45-5)11-13-27/h9-14,18,22-24,30,40H,6-8,15-17,19-21H2,1-5H3,(H,37,41)/t22-,23-,24+,30-/m1/s1. The number of ether oxygens (including phenoxy) is 3. The van der Waals surface area contributed by atoms with Crippen LogP contribution in [0.3, 0.4) is 0 Å². The molecule has 48 heavy (non-hydrogen) atoms. The summed E-state index contributed by atoms with van der Waals surface area (Å²) >= 11 is 0. The minimum Gasteiger partial charge on any atom is -0.497 e. The lowest BCUT2D eigenvalue weighted by molar-refractivity contribution is -0.142. The van der Waals surface area contributed by atoms with Crippen LogP contribution >= 0.6 is 0 Å². The van der Waals surface area contributed by atoms with Crippen LogP contribution in [0.5, 0.6) is 11.5 Å². The van der Waals surface area contributed by atoms with Crippen LogP contribution < -0.4 is 14.8 Å². The van der Waals surface area contributed by atoms with Crippen LogP contribution in [-0.4, -0.2) is 99.4 Å². The molecule has 1 heterocycles. The number of rotatable bonds is 10. The molecule has 2 N–H and O–H groups in total. The van der Waals surface area contributed by atoms with Crippen molar-refractivity contribution in [1.29, 1.82) is 0 Å². The molecule has 2 amide bonds. The summed E-state index contributed by atoms with van der Waals surface area (Å²) in [5, 5.41) is 12.6. The maximum atomic E-state index is 14.2. The highest BCUT2D eigenvalue weighted by atomic mass is 32.2. The zero-order chi connectivity index (χ0) is 35.6. The van der Waals surface area contributed by atoms with Crippen LogP contribution in [0.25, 0.3) is 0 Å². The number of alkyl halides is 3. The van der Waals surface area contributed by atoms with E-state index in [1.165, 1.54) is 53.7 Å². The number of aliphatic hydroxyl groups excluding tert-OH is 1. The van der Waals surface area contributed by atoms with Crippen molar-refractivity contribution in [2.24, 2.45) is 5.92 Å². The van der Waals surface area contributed by atoms with E-state index >= 15 is 0 Å². The molecule has 0 fully saturated rings. The van der Waals surface area contributed by atoms with Gasteiger partial charge in [0.15, 0.2) is 0 Å². The Morgan fingerprint density at radius 1 is 1.17 bits per heavy atom. The third-order valence-corrected chi connectivity index (χ3v) is 10.0. The molecule has 0 radical (unpaired) electrons. The summed E-state index contributed by atoms with van der Waals surface area (Å²) < 4.78 is 83.6. The molecule has 2 aromatic rings. The van der Waals surface area contributed by atoms with E-state index < -0.39 is 65.5 Å². The minimum absolute atomic E-state index is 0.0186. The third-order valence-electron chi connectivity index (χ3n) is 8.18. The van der Waals surface area contributed by atoms with Gasteiger partial charge < -0.3 is 29.5 Å². The number of fused-ring (bicyclic) bond motifs is 1. The molecule has 0 aliphatic carbocycles. The SMILES string of the molecule is COc1ccc(S(=O)(=O)N(C)C[C@H]2OCCCC[C@H](C)Oc3ccc(NC(=O)CCC(F)(F)F)cc3C(=O)N([C@H](C)CO)C[C@H]2C)cc1. The first-order valence-corrected chi connectivity index (χ1v) is 17.3. The van der Waals surface area contributed by atoms with Crippen LogP contribution in [-0.2, 0) is 19.6 Å². The van der Waals surface area contributed by atoms with Crippen molar-refractivity contribution in [3.63, 3.8) is 0 Å². The van der Waals surface area contributed by atoms with Gasteiger partial charge in [0.05, 0.1) is 48.8 Å². The van der Waals surface area contributed by atoms with Gasteiger partial charge in [0.25, 0.3) is 5.91 Å². The second-order valence-corrected chi connectivity index (χ2v) is 14.2. The first-order valence-electron chi connectivity index (χ1n) is 15.9. The first-order chi connectivity index (χ1) is 22.5. The number of methoxy groups -OCH3 is 1. The molecule has 0 unspecified atom stereocenters. The van der Waals surface area contributed by atoms with Gasteiger partial charge in [0, 0.05) is 44.8 Å². The summed E-state index contributed by atoms with van der Waals surface area (Å²) in [7, 11) is -0.960. The van der Waals surface area contributed by atoms with E-state index in [1.807, 2.05) is 13.8 Å². The Hall–Kier alpha value is -3.40. The number of benzene rings is 2. The van der Waals surface area contributed by atoms with Crippen molar-refractivity contribution in [1.82, 2.24) is 9.21 Å². The fraction of sp³-hybridized carbons (Fsp3) is 0.576. The van der Waals surface area contributed by atoms with Gasteiger partial charge in [0.2, 0.25) is 15.9 Å². The second kappa shape index (κ2) is 17.3. The Kier molecular flexibility index (Phi) is 14.1. The van der Waals surface area contributed by atoms with Crippen molar-refractivity contribution >= 4 is 27.5 Å². The summed E-state index contributed by atoms with van der Waals surface area (Å²) in [5.74, 6) is -1.10. The average Bonchev–Trinajstić information content (AvgIpc) is 3.04. The second-order valence-electron chi connectivity index (χ2n) is 12.1. The van der Waals surface area contributed by atoms with E-state index in [0.29, 0.717) is 31.6 Å². The quantitative estimate of drug-likeness (QED) is 0.350. The molecule has 1 aliphatic heterocycles. The molecular formula is C33H46F3N3O8S. The van der Waals surface area contributed by atoms with Gasteiger partial charge in [-0.15, -0.1) is 0 Å². The number of anilines is 1. The number of carbonyl (C=O) groups is 2. The van der Waals surface area contributed by atoms with E-state index in [1.54, 1.807) is 19.1 Å². The van der Waals surface area contributed by atoms with Crippen LogP contribution in [0, 0.1) is 5.92 Å². The Labute approximate surface area is 280 Å². The number of likely N-dealkylation sites (N-methyl/N-ethyl adjacent to an activating group) is 1. The maximum absolute atomic E-state index is 14.2. The van der Waals surface area contributed by atoms with Gasteiger partial charge in [-0.05, 0) is 75.6 Å². The van der Waals surface area contributed by atoms with Crippen LogP contribution in [0.1, 0.15) is 63.2 Å². The van der Waals surface area contributed by atoms with Crippen LogP contribution in [0.4, 0.5) is 18.9 Å². The van der Waals surface area contributed by atoms with E-state index in [0.717, 1.165) is 0 Å². The van der Waals surface area contributed by atoms with Gasteiger partial charge in [0.1, 0.15) is 11.5 Å². The molecule has 0 aromatic heterocycles. The number of hydrogen-bond donors (Lipinski definition) is 2. The van der Waals surface area contributed by atoms with Crippen molar-refractivity contribution in [2.75, 3.05) is 45.8 Å². The molecule has 1 aliphatic rings. The molecular weight excluding hydrogens is 655 g/mol. The van der Waals surface area contributed by atoms with Crippen molar-refractivity contribution in [3.8, 4) is 11.5 Å². The molecule has 268 valence electrons. The number of halogens is 3. The fourth-order valence-corrected chi connectivity index (χ4v) is 6.40. The zero-order valence-electron chi connectivity index (χ0n) is 28.0. The molecule has 3 rings (SSSR count). The Bertz CT molecular complexity index is 1470. The summed E-state index contributed by atoms with van der Waals surface area (Å²) in [5.41, 5.74) is 0.166. The molecule has 0 saturated heterocycles. The number of hydrogen-bond acceptors (Lipinski definition) is 8. The number of nitrogens with zero attached hydrogens (tertiary/aromatic N) is 2. The fourth-order valence-electron chi connectivity index (χ4n) is 5.22. The molecule has 15 heteroatoms. The summed E-state index contributed by atoms with van der Waals surface area (Å²) in [4.78, 5) is 28.0. The summed E-state index contributed by atoms with van der Waals surface area (Å²) in [6, 6.07) is 9.64. The van der Waals surface area contributed by atoms with Crippen LogP contribution in [0.2, 0.25) is 0 Å². The van der Waals surface area contributed by atoms with E-state index in [2.05, 4.69) is 5.32 Å². The molecule has 4 atom stereocenters. The van der Waals surface area contributed by atoms with Gasteiger partial charge in [-0.1, -0.05) is 6.92 Å². The Morgan fingerprint density at radius 3 is 2.48 bits per heavy atom. The predicted molar refractivity (Wildman–Crippen MR) is 174 cm³/mol. The molecule has 0 bridgehead atoms. The third kappa shape index (κ3) is 11.1. The smallest absolute Gasteiger partial charge is 0.389 e. The number of sulfonamides is 1. The number of aliphatic hydroxyl groups is 1. The van der Waals surface area contributed by atoms with Crippen molar-refractivity contribution in [3.05, 3.63) is 48.0 Å². The van der Waals surface area contributed by atoms with E-state index in [9.17, 15) is 36.3 Å². The Balaban J connectivity index is 1.93. The molecule has 0 spiro atoms. The summed E-state index contributed by atoms with van der Waals surface area (Å²) in [6.07, 6.45) is -5.55. The van der Waals surface area contributed by atoms with Gasteiger partial charge in [-0.3, -0.25) is 9.59 Å². The molecule has 0 saturated carbocycles. The lowest BCUT2D eigenvalue weighted by Gasteiger charge is -2.35. The monoisotopic (exact) mass is 701 g/mol. The lowest BCUT2D eigenvalue weighted by atomic mass is 10.0. The van der Waals surface area contributed by atoms with Crippen molar-refractivity contribution < 1.29 is 50.5 Å². The highest BCUT2D eigenvalue weighted by Gasteiger charge is 2.33.